The van der Waals surface area contributed by atoms with Crippen LogP contribution in [-0.2, 0) is 9.53 Å². The zero-order chi connectivity index (χ0) is 22.5. The topological polar surface area (TPSA) is 57.2 Å². The third-order valence-electron chi connectivity index (χ3n) is 5.63. The molecule has 0 aliphatic carbocycles. The highest BCUT2D eigenvalue weighted by molar-refractivity contribution is 6.24. The fourth-order valence-corrected chi connectivity index (χ4v) is 3.93. The maximum absolute atomic E-state index is 13.6. The number of carbonyl (C=O) groups excluding carboxylic acids is 1. The van der Waals surface area contributed by atoms with Crippen molar-refractivity contribution < 1.29 is 23.7 Å². The Morgan fingerprint density at radius 1 is 0.970 bits per heavy atom. The Balaban J connectivity index is 1.29. The van der Waals surface area contributed by atoms with Gasteiger partial charge < -0.3 is 23.8 Å². The van der Waals surface area contributed by atoms with Gasteiger partial charge in [0, 0.05) is 18.2 Å². The molecule has 2 aliphatic heterocycles. The van der Waals surface area contributed by atoms with Crippen LogP contribution in [0.4, 0.5) is 0 Å². The normalized spacial score (nSPS) is 17.6. The zero-order valence-corrected chi connectivity index (χ0v) is 18.2. The van der Waals surface area contributed by atoms with E-state index in [1.807, 2.05) is 89.8 Å². The van der Waals surface area contributed by atoms with Crippen molar-refractivity contribution in [3.63, 3.8) is 0 Å². The number of carbonyl (C=O) groups is 1. The van der Waals surface area contributed by atoms with Gasteiger partial charge in [-0.25, -0.2) is 0 Å². The van der Waals surface area contributed by atoms with Gasteiger partial charge in [0.1, 0.15) is 18.5 Å². The molecule has 168 valence electrons. The van der Waals surface area contributed by atoms with E-state index in [4.69, 9.17) is 18.9 Å². The first-order chi connectivity index (χ1) is 16.3. The van der Waals surface area contributed by atoms with Crippen LogP contribution >= 0.6 is 0 Å². The van der Waals surface area contributed by atoms with Crippen molar-refractivity contribution in [2.75, 3.05) is 33.1 Å². The van der Waals surface area contributed by atoms with Crippen LogP contribution in [0, 0.1) is 0 Å². The number of hydrogen-bond donors (Lipinski definition) is 0. The summed E-state index contributed by atoms with van der Waals surface area (Å²) in [6.07, 6.45) is 1.73. The van der Waals surface area contributed by atoms with Crippen molar-refractivity contribution in [2.45, 2.75) is 6.10 Å². The van der Waals surface area contributed by atoms with Gasteiger partial charge in [0.25, 0.3) is 5.91 Å². The molecule has 0 radical (unpaired) electrons. The van der Waals surface area contributed by atoms with Gasteiger partial charge in [-0.3, -0.25) is 4.79 Å². The van der Waals surface area contributed by atoms with Crippen LogP contribution in [0.15, 0.2) is 78.9 Å². The first kappa shape index (κ1) is 21.1. The highest BCUT2D eigenvalue weighted by Gasteiger charge is 2.27. The Morgan fingerprint density at radius 3 is 2.55 bits per heavy atom. The molecule has 1 unspecified atom stereocenters. The standard InChI is InChI=1S/C27H25NO5/c29-27(24(21-9-5-2-6-10-21)15-20-7-3-1-4-8-20)28-13-14-30-23(17-28)18-31-22-11-12-25-26(16-22)33-19-32-25/h1-12,15-16,23H,13-14,17-19H2/b24-15+. The van der Waals surface area contributed by atoms with Crippen LogP contribution in [-0.4, -0.2) is 50.0 Å². The molecule has 6 nitrogen and oxygen atoms in total. The van der Waals surface area contributed by atoms with Gasteiger partial charge in [-0.05, 0) is 29.3 Å². The smallest absolute Gasteiger partial charge is 0.254 e. The van der Waals surface area contributed by atoms with Crippen molar-refractivity contribution in [3.8, 4) is 17.2 Å². The fourth-order valence-electron chi connectivity index (χ4n) is 3.93. The summed E-state index contributed by atoms with van der Waals surface area (Å²) in [7, 11) is 0. The van der Waals surface area contributed by atoms with Crippen LogP contribution in [0.5, 0.6) is 17.2 Å². The molecular weight excluding hydrogens is 418 g/mol. The van der Waals surface area contributed by atoms with E-state index in [1.165, 1.54) is 0 Å². The number of ether oxygens (including phenoxy) is 4. The number of rotatable bonds is 6. The molecule has 2 heterocycles. The van der Waals surface area contributed by atoms with E-state index in [1.54, 1.807) is 0 Å². The van der Waals surface area contributed by atoms with Gasteiger partial charge in [0.2, 0.25) is 6.79 Å². The predicted octanol–water partition coefficient (Wildman–Crippen LogP) is 4.26. The second-order valence-corrected chi connectivity index (χ2v) is 7.90. The summed E-state index contributed by atoms with van der Waals surface area (Å²) in [5.74, 6) is 2.06. The largest absolute Gasteiger partial charge is 0.491 e. The number of morpholine rings is 1. The summed E-state index contributed by atoms with van der Waals surface area (Å²) in [5, 5.41) is 0. The summed E-state index contributed by atoms with van der Waals surface area (Å²) < 4.78 is 22.6. The van der Waals surface area contributed by atoms with Crippen molar-refractivity contribution in [1.82, 2.24) is 4.90 Å². The molecule has 3 aromatic rings. The predicted molar refractivity (Wildman–Crippen MR) is 125 cm³/mol. The number of nitrogens with zero attached hydrogens (tertiary/aromatic N) is 1. The van der Waals surface area contributed by atoms with E-state index in [0.29, 0.717) is 49.1 Å². The number of amides is 1. The summed E-state index contributed by atoms with van der Waals surface area (Å²) in [5.41, 5.74) is 2.55. The van der Waals surface area contributed by atoms with Crippen molar-refractivity contribution in [3.05, 3.63) is 90.0 Å². The van der Waals surface area contributed by atoms with Crippen LogP contribution < -0.4 is 14.2 Å². The lowest BCUT2D eigenvalue weighted by atomic mass is 10.0. The molecule has 1 atom stereocenters. The monoisotopic (exact) mass is 443 g/mol. The van der Waals surface area contributed by atoms with E-state index in [-0.39, 0.29) is 18.8 Å². The summed E-state index contributed by atoms with van der Waals surface area (Å²) >= 11 is 0. The molecule has 1 fully saturated rings. The van der Waals surface area contributed by atoms with Crippen LogP contribution in [0.3, 0.4) is 0 Å². The van der Waals surface area contributed by atoms with Crippen molar-refractivity contribution in [2.24, 2.45) is 0 Å². The summed E-state index contributed by atoms with van der Waals surface area (Å²) in [6.45, 7) is 2.03. The average Bonchev–Trinajstić information content (AvgIpc) is 3.35. The molecule has 0 bridgehead atoms. The lowest BCUT2D eigenvalue weighted by Crippen LogP contribution is -2.47. The van der Waals surface area contributed by atoms with E-state index in [0.717, 1.165) is 11.1 Å². The van der Waals surface area contributed by atoms with Crippen LogP contribution in [0.2, 0.25) is 0 Å². The van der Waals surface area contributed by atoms with E-state index < -0.39 is 0 Å². The molecule has 3 aromatic carbocycles. The van der Waals surface area contributed by atoms with Gasteiger partial charge >= 0.3 is 0 Å². The Kier molecular flexibility index (Phi) is 6.26. The molecule has 0 saturated carbocycles. The molecule has 1 amide bonds. The third-order valence-corrected chi connectivity index (χ3v) is 5.63. The Hall–Kier alpha value is -3.77. The molecule has 2 aliphatic rings. The van der Waals surface area contributed by atoms with Gasteiger partial charge in [0.15, 0.2) is 11.5 Å². The SMILES string of the molecule is O=C(/C(=C/c1ccccc1)c1ccccc1)N1CCOC(COc2ccc3c(c2)OCO3)C1. The maximum Gasteiger partial charge on any atom is 0.254 e. The molecule has 0 N–H and O–H groups in total. The number of hydrogen-bond acceptors (Lipinski definition) is 5. The van der Waals surface area contributed by atoms with Crippen molar-refractivity contribution >= 4 is 17.6 Å². The Bertz CT molecular complexity index is 1130. The first-order valence-electron chi connectivity index (χ1n) is 11.0. The van der Waals surface area contributed by atoms with Gasteiger partial charge in [-0.2, -0.15) is 0 Å². The highest BCUT2D eigenvalue weighted by Crippen LogP contribution is 2.35. The minimum atomic E-state index is -0.220. The molecule has 0 spiro atoms. The summed E-state index contributed by atoms with van der Waals surface area (Å²) in [4.78, 5) is 15.4. The quantitative estimate of drug-likeness (QED) is 0.421. The van der Waals surface area contributed by atoms with Crippen LogP contribution in [0.25, 0.3) is 11.6 Å². The van der Waals surface area contributed by atoms with Gasteiger partial charge in [-0.15, -0.1) is 0 Å². The van der Waals surface area contributed by atoms with Gasteiger partial charge in [-0.1, -0.05) is 60.7 Å². The lowest BCUT2D eigenvalue weighted by Gasteiger charge is -2.33. The molecular formula is C27H25NO5. The maximum atomic E-state index is 13.6. The number of fused-ring (bicyclic) bond motifs is 1. The fraction of sp³-hybridized carbons (Fsp3) is 0.222. The second-order valence-electron chi connectivity index (χ2n) is 7.90. The second kappa shape index (κ2) is 9.79. The Morgan fingerprint density at radius 2 is 1.73 bits per heavy atom. The van der Waals surface area contributed by atoms with Crippen molar-refractivity contribution in [1.29, 1.82) is 0 Å². The minimum absolute atomic E-state index is 0.0126. The molecule has 0 aromatic heterocycles. The summed E-state index contributed by atoms with van der Waals surface area (Å²) in [6, 6.07) is 25.2. The van der Waals surface area contributed by atoms with Gasteiger partial charge in [0.05, 0.1) is 13.2 Å². The highest BCUT2D eigenvalue weighted by atomic mass is 16.7. The molecule has 33 heavy (non-hydrogen) atoms. The number of benzene rings is 3. The lowest BCUT2D eigenvalue weighted by molar-refractivity contribution is -0.133. The van der Waals surface area contributed by atoms with E-state index in [2.05, 4.69) is 0 Å². The van der Waals surface area contributed by atoms with E-state index >= 15 is 0 Å². The third kappa shape index (κ3) is 5.02. The van der Waals surface area contributed by atoms with Crippen LogP contribution in [0.1, 0.15) is 11.1 Å². The average molecular weight is 443 g/mol. The minimum Gasteiger partial charge on any atom is -0.491 e. The molecule has 5 rings (SSSR count). The van der Waals surface area contributed by atoms with E-state index in [9.17, 15) is 4.79 Å². The Labute approximate surface area is 193 Å². The first-order valence-corrected chi connectivity index (χ1v) is 11.0. The molecule has 6 heteroatoms. The zero-order valence-electron chi connectivity index (χ0n) is 18.2. The molecule has 1 saturated heterocycles.